The van der Waals surface area contributed by atoms with E-state index in [1.54, 1.807) is 4.90 Å². The lowest BCUT2D eigenvalue weighted by molar-refractivity contribution is -0.129. The van der Waals surface area contributed by atoms with Gasteiger partial charge in [0.15, 0.2) is 0 Å². The minimum Gasteiger partial charge on any atom is -0.489 e. The Hall–Kier alpha value is -4.94. The van der Waals surface area contributed by atoms with Crippen LogP contribution in [0.5, 0.6) is 5.75 Å². The van der Waals surface area contributed by atoms with Gasteiger partial charge in [0.25, 0.3) is 0 Å². The molecule has 0 spiro atoms. The summed E-state index contributed by atoms with van der Waals surface area (Å²) in [7, 11) is 1.96. The largest absolute Gasteiger partial charge is 0.489 e. The molecule has 0 aliphatic carbocycles. The minimum atomic E-state index is -0.908. The average Bonchev–Trinajstić information content (AvgIpc) is 3.83. The molecule has 0 radical (unpaired) electrons. The molecule has 0 saturated carbocycles. The maximum atomic E-state index is 16.4. The number of carbonyl (C=O) groups excluding carboxylic acids is 1. The number of hydrogen-bond acceptors (Lipinski definition) is 6. The quantitative estimate of drug-likeness (QED) is 0.163. The number of ether oxygens (including phenoxy) is 2. The van der Waals surface area contributed by atoms with Crippen LogP contribution in [0.25, 0.3) is 54.8 Å². The van der Waals surface area contributed by atoms with Crippen LogP contribution in [0, 0.1) is 17.5 Å². The summed E-state index contributed by atoms with van der Waals surface area (Å²) in [4.78, 5) is 19.7. The van der Waals surface area contributed by atoms with Crippen molar-refractivity contribution >= 4 is 38.2 Å². The molecule has 1 saturated heterocycles. The molecule has 4 aromatic heterocycles. The first-order chi connectivity index (χ1) is 24.1. The molecular formula is C38H34F3N5O3S. The number of hydrogen-bond donors (Lipinski definition) is 0. The van der Waals surface area contributed by atoms with Crippen molar-refractivity contribution in [2.24, 2.45) is 7.05 Å². The van der Waals surface area contributed by atoms with Gasteiger partial charge in [-0.25, -0.2) is 18.2 Å². The first kappa shape index (κ1) is 32.3. The van der Waals surface area contributed by atoms with Crippen molar-refractivity contribution in [1.29, 1.82) is 0 Å². The Kier molecular flexibility index (Phi) is 8.03. The van der Waals surface area contributed by atoms with Crippen molar-refractivity contribution in [3.05, 3.63) is 89.8 Å². The number of aromatic nitrogens is 4. The Balaban J connectivity index is 1.42. The fraction of sp³-hybridized carbons (Fsp3) is 0.289. The average molecular weight is 698 g/mol. The Morgan fingerprint density at radius 2 is 1.84 bits per heavy atom. The van der Waals surface area contributed by atoms with Gasteiger partial charge in [0, 0.05) is 77.6 Å². The molecule has 0 unspecified atom stereocenters. The summed E-state index contributed by atoms with van der Waals surface area (Å²) in [5, 5.41) is 7.47. The predicted molar refractivity (Wildman–Crippen MR) is 188 cm³/mol. The van der Waals surface area contributed by atoms with E-state index in [0.717, 1.165) is 34.3 Å². The monoisotopic (exact) mass is 697 g/mol. The van der Waals surface area contributed by atoms with Gasteiger partial charge in [-0.3, -0.25) is 9.48 Å². The molecule has 2 aliphatic rings. The van der Waals surface area contributed by atoms with Crippen LogP contribution in [0.2, 0.25) is 0 Å². The molecule has 1 fully saturated rings. The summed E-state index contributed by atoms with van der Waals surface area (Å²) in [6.07, 6.45) is 3.97. The van der Waals surface area contributed by atoms with Gasteiger partial charge in [0.2, 0.25) is 5.91 Å². The molecule has 2 aliphatic heterocycles. The predicted octanol–water partition coefficient (Wildman–Crippen LogP) is 8.61. The Bertz CT molecular complexity index is 2320. The molecule has 6 aromatic rings. The topological polar surface area (TPSA) is 74.4 Å². The molecule has 12 heteroatoms. The van der Waals surface area contributed by atoms with E-state index in [1.165, 1.54) is 22.8 Å². The summed E-state index contributed by atoms with van der Waals surface area (Å²) in [6.45, 7) is 8.83. The van der Waals surface area contributed by atoms with Crippen molar-refractivity contribution in [1.82, 2.24) is 24.2 Å². The molecule has 256 valence electrons. The van der Waals surface area contributed by atoms with Crippen LogP contribution >= 0.6 is 11.3 Å². The lowest BCUT2D eigenvalue weighted by Gasteiger charge is -2.36. The van der Waals surface area contributed by atoms with Crippen LogP contribution in [0.4, 0.5) is 13.2 Å². The zero-order valence-electron chi connectivity index (χ0n) is 27.8. The number of benzene rings is 2. The zero-order chi connectivity index (χ0) is 34.8. The molecule has 0 bridgehead atoms. The van der Waals surface area contributed by atoms with Crippen LogP contribution in [-0.2, 0) is 16.6 Å². The first-order valence-electron chi connectivity index (χ1n) is 16.6. The van der Waals surface area contributed by atoms with Crippen molar-refractivity contribution in [2.75, 3.05) is 19.8 Å². The highest BCUT2D eigenvalue weighted by molar-refractivity contribution is 7.17. The van der Waals surface area contributed by atoms with Gasteiger partial charge in [-0.1, -0.05) is 12.6 Å². The van der Waals surface area contributed by atoms with Crippen LogP contribution < -0.4 is 4.74 Å². The van der Waals surface area contributed by atoms with E-state index in [0.29, 0.717) is 48.7 Å². The van der Waals surface area contributed by atoms with Crippen LogP contribution in [0.15, 0.2) is 66.7 Å². The van der Waals surface area contributed by atoms with Crippen molar-refractivity contribution in [3.63, 3.8) is 0 Å². The van der Waals surface area contributed by atoms with Crippen molar-refractivity contribution < 1.29 is 27.4 Å². The second-order valence-corrected chi connectivity index (χ2v) is 13.9. The smallest absolute Gasteiger partial charge is 0.246 e. The van der Waals surface area contributed by atoms with E-state index in [9.17, 15) is 9.18 Å². The van der Waals surface area contributed by atoms with Gasteiger partial charge < -0.3 is 18.9 Å². The number of halogens is 3. The summed E-state index contributed by atoms with van der Waals surface area (Å²) in [6, 6.07) is 11.1. The third kappa shape index (κ3) is 5.28. The number of nitrogens with zero attached hydrogens (tertiary/aromatic N) is 5. The molecule has 1 amide bonds. The second-order valence-electron chi connectivity index (χ2n) is 13.0. The number of aryl methyl sites for hydroxylation is 1. The Morgan fingerprint density at radius 3 is 2.62 bits per heavy atom. The standard InChI is InChI=1S/C38H34F3N5O3S/c1-5-32(47)45-18-20(2)46-30(21(45)3)17-28(43-46)37-35(33-26(40)15-24(39)16-31(33)49-25-9-12-48-13-10-25)34-27(41)19-50-38(34)36(42-37)23-6-7-29-22(14-23)8-11-44(29)4/h5-8,11,14-17,19-21,25H,1,9-10,12-13,18H2,2-4H3/t20-,21+/m0/s1. The molecule has 50 heavy (non-hydrogen) atoms. The van der Waals surface area contributed by atoms with Crippen LogP contribution in [-0.4, -0.2) is 56.0 Å². The van der Waals surface area contributed by atoms with E-state index in [4.69, 9.17) is 19.6 Å². The van der Waals surface area contributed by atoms with Crippen LogP contribution in [0.1, 0.15) is 44.5 Å². The molecule has 6 heterocycles. The first-order valence-corrected chi connectivity index (χ1v) is 17.4. The molecule has 0 N–H and O–H groups in total. The Labute approximate surface area is 290 Å². The number of rotatable bonds is 6. The third-order valence-electron chi connectivity index (χ3n) is 9.80. The third-order valence-corrected chi connectivity index (χ3v) is 10.8. The normalized spacial score (nSPS) is 18.2. The minimum absolute atomic E-state index is 0.0451. The maximum Gasteiger partial charge on any atom is 0.246 e. The summed E-state index contributed by atoms with van der Waals surface area (Å²) in [5.41, 5.74) is 3.60. The maximum absolute atomic E-state index is 16.4. The van der Waals surface area contributed by atoms with Gasteiger partial charge >= 0.3 is 0 Å². The molecule has 8 nitrogen and oxygen atoms in total. The highest BCUT2D eigenvalue weighted by atomic mass is 32.1. The SMILES string of the molecule is C=CC(=O)N1C[C@H](C)n2nc(-c3nc(-c4ccc5c(ccn5C)c4)c4scc(F)c4c3-c3c(F)cc(F)cc3OC3CCOCC3)cc2[C@H]1C. The zero-order valence-corrected chi connectivity index (χ0v) is 28.6. The van der Waals surface area contributed by atoms with Gasteiger partial charge in [-0.05, 0) is 44.2 Å². The number of thiophene rings is 1. The summed E-state index contributed by atoms with van der Waals surface area (Å²) >= 11 is 1.17. The van der Waals surface area contributed by atoms with E-state index in [1.807, 2.05) is 66.7 Å². The lowest BCUT2D eigenvalue weighted by atomic mass is 9.94. The second kappa shape index (κ2) is 12.4. The van der Waals surface area contributed by atoms with Gasteiger partial charge in [0.1, 0.15) is 40.7 Å². The van der Waals surface area contributed by atoms with Crippen molar-refractivity contribution in [2.45, 2.75) is 44.9 Å². The molecule has 8 rings (SSSR count). The highest BCUT2D eigenvalue weighted by Crippen LogP contribution is 2.49. The summed E-state index contributed by atoms with van der Waals surface area (Å²) in [5.74, 6) is -2.55. The lowest BCUT2D eigenvalue weighted by Crippen LogP contribution is -2.42. The molecule has 2 aromatic carbocycles. The number of pyridine rings is 1. The fourth-order valence-electron chi connectivity index (χ4n) is 7.26. The van der Waals surface area contributed by atoms with Gasteiger partial charge in [-0.2, -0.15) is 5.10 Å². The van der Waals surface area contributed by atoms with Crippen molar-refractivity contribution in [3.8, 4) is 39.5 Å². The Morgan fingerprint density at radius 1 is 1.04 bits per heavy atom. The molecular weight excluding hydrogens is 664 g/mol. The van der Waals surface area contributed by atoms with E-state index in [2.05, 4.69) is 6.58 Å². The van der Waals surface area contributed by atoms with Gasteiger partial charge in [-0.15, -0.1) is 11.3 Å². The highest BCUT2D eigenvalue weighted by Gasteiger charge is 2.35. The fourth-order valence-corrected chi connectivity index (χ4v) is 8.19. The summed E-state index contributed by atoms with van der Waals surface area (Å²) < 4.78 is 63.8. The van der Waals surface area contributed by atoms with Crippen LogP contribution in [0.3, 0.4) is 0 Å². The number of carbonyl (C=O) groups is 1. The number of fused-ring (bicyclic) bond motifs is 3. The van der Waals surface area contributed by atoms with E-state index < -0.39 is 17.5 Å². The molecule has 2 atom stereocenters. The number of amides is 1. The van der Waals surface area contributed by atoms with E-state index >= 15 is 8.78 Å². The van der Waals surface area contributed by atoms with E-state index in [-0.39, 0.29) is 52.1 Å². The van der Waals surface area contributed by atoms with Gasteiger partial charge in [0.05, 0.1) is 46.9 Å².